The van der Waals surface area contributed by atoms with Gasteiger partial charge in [-0.25, -0.2) is 0 Å². The number of carbonyl (C=O) groups excluding carboxylic acids is 2. The average Bonchev–Trinajstić information content (AvgIpc) is 1.63. The second kappa shape index (κ2) is 6.48. The number of hydrogen-bond donors (Lipinski definition) is 0. The molecule has 0 heterocycles. The van der Waals surface area contributed by atoms with Gasteiger partial charge in [0.05, 0.1) is 5.92 Å². The Morgan fingerprint density at radius 3 is 1.80 bits per heavy atom. The molecule has 10 heavy (non-hydrogen) atoms. The zero-order valence-electron chi connectivity index (χ0n) is 6.80. The molecule has 0 aromatic carbocycles. The van der Waals surface area contributed by atoms with E-state index in [1.165, 1.54) is 6.92 Å². The molecule has 0 N–H and O–H groups in total. The maximum Gasteiger partial charge on any atom is 0.316 e. The van der Waals surface area contributed by atoms with Crippen LogP contribution in [0.3, 0.4) is 0 Å². The van der Waals surface area contributed by atoms with E-state index in [1.54, 1.807) is 13.8 Å². The monoisotopic (exact) mass is 169 g/mol. The van der Waals surface area contributed by atoms with Gasteiger partial charge in [-0.2, -0.15) is 0 Å². The zero-order chi connectivity index (χ0) is 7.44. The second-order valence-corrected chi connectivity index (χ2v) is 2.07. The summed E-state index contributed by atoms with van der Waals surface area (Å²) in [4.78, 5) is 20.6. The number of hydrogen-bond acceptors (Lipinski definition) is 3. The van der Waals surface area contributed by atoms with Crippen molar-refractivity contribution in [1.82, 2.24) is 0 Å². The van der Waals surface area contributed by atoms with E-state index in [2.05, 4.69) is 4.74 Å². The molecule has 0 aliphatic heterocycles. The molecule has 0 aromatic rings. The van der Waals surface area contributed by atoms with Crippen LogP contribution in [0.2, 0.25) is 0 Å². The van der Waals surface area contributed by atoms with Crippen molar-refractivity contribution in [3.63, 3.8) is 0 Å². The van der Waals surface area contributed by atoms with Crippen LogP contribution in [0.1, 0.15) is 20.8 Å². The molecule has 0 unspecified atom stereocenters. The van der Waals surface area contributed by atoms with Crippen LogP contribution >= 0.6 is 0 Å². The van der Waals surface area contributed by atoms with Gasteiger partial charge in [-0.05, 0) is 0 Å². The molecule has 0 aliphatic carbocycles. The molecule has 0 aliphatic rings. The van der Waals surface area contributed by atoms with E-state index in [9.17, 15) is 9.59 Å². The van der Waals surface area contributed by atoms with E-state index < -0.39 is 11.9 Å². The molecule has 0 aromatic heterocycles. The first-order valence-electron chi connectivity index (χ1n) is 2.76. The normalized spacial score (nSPS) is 8.40. The molecule has 0 amide bonds. The van der Waals surface area contributed by atoms with Crippen molar-refractivity contribution in [2.24, 2.45) is 5.92 Å². The summed E-state index contributed by atoms with van der Waals surface area (Å²) in [5.74, 6) is -1.25. The maximum absolute atomic E-state index is 10.5. The SMILES string of the molecule is CC(=O)OC(=O)C(C)C.[K]. The minimum Gasteiger partial charge on any atom is -0.393 e. The molecule has 3 nitrogen and oxygen atoms in total. The topological polar surface area (TPSA) is 43.4 Å². The minimum atomic E-state index is -0.547. The maximum atomic E-state index is 10.5. The molecular formula is C6H10KO3. The Kier molecular flexibility index (Phi) is 8.67. The van der Waals surface area contributed by atoms with E-state index >= 15 is 0 Å². The summed E-state index contributed by atoms with van der Waals surface area (Å²) in [6, 6.07) is 0. The third kappa shape index (κ3) is 6.89. The molecule has 0 saturated heterocycles. The van der Waals surface area contributed by atoms with Crippen molar-refractivity contribution in [2.45, 2.75) is 20.8 Å². The molecule has 0 atom stereocenters. The van der Waals surface area contributed by atoms with Gasteiger partial charge in [0.25, 0.3) is 0 Å². The molecule has 0 fully saturated rings. The smallest absolute Gasteiger partial charge is 0.316 e. The van der Waals surface area contributed by atoms with Gasteiger partial charge in [0.2, 0.25) is 0 Å². The van der Waals surface area contributed by atoms with E-state index in [-0.39, 0.29) is 57.3 Å². The fourth-order valence-corrected chi connectivity index (χ4v) is 0.260. The van der Waals surface area contributed by atoms with Gasteiger partial charge in [-0.3, -0.25) is 9.59 Å². The van der Waals surface area contributed by atoms with Gasteiger partial charge < -0.3 is 4.74 Å². The van der Waals surface area contributed by atoms with Crippen molar-refractivity contribution >= 4 is 63.3 Å². The Bertz CT molecular complexity index is 131. The summed E-state index contributed by atoms with van der Waals surface area (Å²) in [6.07, 6.45) is 0. The Labute approximate surface area is 103 Å². The first kappa shape index (κ1) is 13.4. The van der Waals surface area contributed by atoms with Crippen LogP contribution in [-0.2, 0) is 14.3 Å². The predicted octanol–water partition coefficient (Wildman–Crippen LogP) is 0.351. The summed E-state index contributed by atoms with van der Waals surface area (Å²) in [7, 11) is 0. The summed E-state index contributed by atoms with van der Waals surface area (Å²) >= 11 is 0. The Morgan fingerprint density at radius 1 is 1.30 bits per heavy atom. The van der Waals surface area contributed by atoms with Crippen LogP contribution in [0.15, 0.2) is 0 Å². The quantitative estimate of drug-likeness (QED) is 0.323. The van der Waals surface area contributed by atoms with Gasteiger partial charge >= 0.3 is 11.9 Å². The molecule has 4 heteroatoms. The van der Waals surface area contributed by atoms with Crippen molar-refractivity contribution in [1.29, 1.82) is 0 Å². The number of carbonyl (C=O) groups is 2. The van der Waals surface area contributed by atoms with Crippen molar-refractivity contribution in [3.8, 4) is 0 Å². The predicted molar refractivity (Wildman–Crippen MR) is 37.4 cm³/mol. The summed E-state index contributed by atoms with van der Waals surface area (Å²) in [5.41, 5.74) is 0. The Hall–Kier alpha value is 0.776. The van der Waals surface area contributed by atoms with Crippen molar-refractivity contribution in [3.05, 3.63) is 0 Å². The van der Waals surface area contributed by atoms with Gasteiger partial charge in [0, 0.05) is 58.3 Å². The fourth-order valence-electron chi connectivity index (χ4n) is 0.260. The molecule has 0 bridgehead atoms. The summed E-state index contributed by atoms with van der Waals surface area (Å²) < 4.78 is 4.23. The molecule has 0 rings (SSSR count). The standard InChI is InChI=1S/C6H10O3.K/c1-4(2)6(8)9-5(3)7;/h4H,1-3H3;. The van der Waals surface area contributed by atoms with Crippen molar-refractivity contribution < 1.29 is 14.3 Å². The number of esters is 2. The van der Waals surface area contributed by atoms with Gasteiger partial charge in [-0.15, -0.1) is 0 Å². The third-order valence-electron chi connectivity index (χ3n) is 0.716. The van der Waals surface area contributed by atoms with Crippen LogP contribution in [0, 0.1) is 5.92 Å². The van der Waals surface area contributed by atoms with E-state index in [0.29, 0.717) is 0 Å². The van der Waals surface area contributed by atoms with Gasteiger partial charge in [-0.1, -0.05) is 13.8 Å². The molecule has 0 saturated carbocycles. The summed E-state index contributed by atoms with van der Waals surface area (Å²) in [6.45, 7) is 4.55. The van der Waals surface area contributed by atoms with E-state index in [0.717, 1.165) is 0 Å². The molecule has 53 valence electrons. The van der Waals surface area contributed by atoms with E-state index in [1.807, 2.05) is 0 Å². The largest absolute Gasteiger partial charge is 0.393 e. The minimum absolute atomic E-state index is 0. The van der Waals surface area contributed by atoms with Crippen LogP contribution < -0.4 is 0 Å². The zero-order valence-corrected chi connectivity index (χ0v) is 9.93. The van der Waals surface area contributed by atoms with Gasteiger partial charge in [0.15, 0.2) is 0 Å². The van der Waals surface area contributed by atoms with Crippen LogP contribution in [0.25, 0.3) is 0 Å². The summed E-state index contributed by atoms with van der Waals surface area (Å²) in [5, 5.41) is 0. The first-order valence-corrected chi connectivity index (χ1v) is 2.76. The van der Waals surface area contributed by atoms with Crippen LogP contribution in [0.4, 0.5) is 0 Å². The van der Waals surface area contributed by atoms with E-state index in [4.69, 9.17) is 0 Å². The number of ether oxygens (including phenoxy) is 1. The van der Waals surface area contributed by atoms with Crippen LogP contribution in [-0.4, -0.2) is 63.3 Å². The fraction of sp³-hybridized carbons (Fsp3) is 0.667. The third-order valence-corrected chi connectivity index (χ3v) is 0.716. The first-order chi connectivity index (χ1) is 4.04. The number of rotatable bonds is 1. The molecule has 1 radical (unpaired) electrons. The van der Waals surface area contributed by atoms with Crippen LogP contribution in [0.5, 0.6) is 0 Å². The Balaban J connectivity index is 0. The molecular weight excluding hydrogens is 159 g/mol. The van der Waals surface area contributed by atoms with Crippen molar-refractivity contribution in [2.75, 3.05) is 0 Å². The Morgan fingerprint density at radius 2 is 1.70 bits per heavy atom. The second-order valence-electron chi connectivity index (χ2n) is 2.07. The average molecular weight is 169 g/mol. The van der Waals surface area contributed by atoms with Gasteiger partial charge in [0.1, 0.15) is 0 Å². The molecule has 0 spiro atoms.